The van der Waals surface area contributed by atoms with Crippen LogP contribution in [0.15, 0.2) is 24.8 Å². The highest BCUT2D eigenvalue weighted by Gasteiger charge is 2.14. The molecule has 1 unspecified atom stereocenters. The van der Waals surface area contributed by atoms with E-state index in [1.54, 1.807) is 27.2 Å². The second-order valence-corrected chi connectivity index (χ2v) is 4.84. The highest BCUT2D eigenvalue weighted by Crippen LogP contribution is 2.33. The summed E-state index contributed by atoms with van der Waals surface area (Å²) in [5.41, 5.74) is 7.40. The van der Waals surface area contributed by atoms with Gasteiger partial charge in [0.2, 0.25) is 5.91 Å². The van der Waals surface area contributed by atoms with Gasteiger partial charge in [0.05, 0.1) is 14.2 Å². The van der Waals surface area contributed by atoms with E-state index in [4.69, 9.17) is 15.2 Å². The third-order valence-corrected chi connectivity index (χ3v) is 3.25. The van der Waals surface area contributed by atoms with Crippen molar-refractivity contribution in [2.24, 2.45) is 11.7 Å². The summed E-state index contributed by atoms with van der Waals surface area (Å²) in [5, 5.41) is 2.87. The second-order valence-electron chi connectivity index (χ2n) is 4.84. The third-order valence-electron chi connectivity index (χ3n) is 3.25. The Morgan fingerprint density at radius 1 is 1.43 bits per heavy atom. The van der Waals surface area contributed by atoms with Crippen LogP contribution in [0.4, 0.5) is 0 Å². The number of hydrogen-bond acceptors (Lipinski definition) is 4. The summed E-state index contributed by atoms with van der Waals surface area (Å²) in [6, 6.07) is 3.84. The summed E-state index contributed by atoms with van der Waals surface area (Å²) in [6.07, 6.45) is 2.47. The fourth-order valence-electron chi connectivity index (χ4n) is 1.99. The van der Waals surface area contributed by atoms with Gasteiger partial charge in [-0.1, -0.05) is 13.0 Å². The van der Waals surface area contributed by atoms with E-state index >= 15 is 0 Å². The maximum absolute atomic E-state index is 11.8. The molecule has 116 valence electrons. The van der Waals surface area contributed by atoms with E-state index in [1.165, 1.54) is 0 Å². The van der Waals surface area contributed by atoms with Crippen LogP contribution in [0, 0.1) is 5.92 Å². The first-order valence-corrected chi connectivity index (χ1v) is 6.89. The normalized spacial score (nSPS) is 11.6. The van der Waals surface area contributed by atoms with Crippen LogP contribution in [0.5, 0.6) is 11.5 Å². The summed E-state index contributed by atoms with van der Waals surface area (Å²) in [5.74, 6) is 1.09. The average Bonchev–Trinajstić information content (AvgIpc) is 2.51. The molecule has 3 N–H and O–H groups in total. The van der Waals surface area contributed by atoms with E-state index in [-0.39, 0.29) is 11.8 Å². The molecular weight excluding hydrogens is 268 g/mol. The molecule has 1 aromatic carbocycles. The van der Waals surface area contributed by atoms with E-state index in [0.717, 1.165) is 11.1 Å². The lowest BCUT2D eigenvalue weighted by Gasteiger charge is -2.15. The molecule has 0 saturated heterocycles. The Labute approximate surface area is 126 Å². The molecule has 5 nitrogen and oxygen atoms in total. The van der Waals surface area contributed by atoms with Gasteiger partial charge in [0.25, 0.3) is 0 Å². The quantitative estimate of drug-likeness (QED) is 0.714. The van der Waals surface area contributed by atoms with E-state index in [9.17, 15) is 4.79 Å². The summed E-state index contributed by atoms with van der Waals surface area (Å²) >= 11 is 0. The number of nitrogens with one attached hydrogen (secondary N) is 1. The van der Waals surface area contributed by atoms with E-state index < -0.39 is 0 Å². The second kappa shape index (κ2) is 8.32. The molecule has 0 spiro atoms. The Kier molecular flexibility index (Phi) is 6.75. The van der Waals surface area contributed by atoms with Crippen LogP contribution in [0.25, 0.3) is 0 Å². The molecule has 0 aliphatic rings. The number of methoxy groups -OCH3 is 2. The van der Waals surface area contributed by atoms with Gasteiger partial charge >= 0.3 is 0 Å². The molecular formula is C16H24N2O3. The fraction of sp³-hybridized carbons (Fsp3) is 0.438. The van der Waals surface area contributed by atoms with Gasteiger partial charge in [-0.3, -0.25) is 4.79 Å². The number of ether oxygens (including phenoxy) is 2. The van der Waals surface area contributed by atoms with E-state index in [2.05, 4.69) is 11.9 Å². The van der Waals surface area contributed by atoms with Crippen molar-refractivity contribution in [3.05, 3.63) is 35.9 Å². The van der Waals surface area contributed by atoms with Crippen LogP contribution >= 0.6 is 0 Å². The van der Waals surface area contributed by atoms with Gasteiger partial charge in [0, 0.05) is 24.6 Å². The predicted molar refractivity (Wildman–Crippen MR) is 83.5 cm³/mol. The number of allylic oxidation sites excluding steroid dienone is 1. The molecule has 1 amide bonds. The van der Waals surface area contributed by atoms with Gasteiger partial charge in [-0.05, 0) is 24.1 Å². The van der Waals surface area contributed by atoms with Gasteiger partial charge in [-0.25, -0.2) is 0 Å². The minimum Gasteiger partial charge on any atom is -0.493 e. The van der Waals surface area contributed by atoms with Crippen LogP contribution in [0.2, 0.25) is 0 Å². The van der Waals surface area contributed by atoms with Crippen molar-refractivity contribution in [2.45, 2.75) is 19.9 Å². The Bertz CT molecular complexity index is 501. The molecule has 0 heterocycles. The molecule has 0 aliphatic heterocycles. The Morgan fingerprint density at radius 2 is 2.14 bits per heavy atom. The molecule has 1 rings (SSSR count). The number of hydrogen-bond donors (Lipinski definition) is 2. The molecule has 1 aromatic rings. The lowest BCUT2D eigenvalue weighted by Crippen LogP contribution is -2.32. The topological polar surface area (TPSA) is 73.6 Å². The Morgan fingerprint density at radius 3 is 2.67 bits per heavy atom. The maximum atomic E-state index is 11.8. The van der Waals surface area contributed by atoms with Crippen molar-refractivity contribution < 1.29 is 14.3 Å². The lowest BCUT2D eigenvalue weighted by molar-refractivity contribution is -0.124. The average molecular weight is 292 g/mol. The Hall–Kier alpha value is -2.01. The van der Waals surface area contributed by atoms with Crippen LogP contribution < -0.4 is 20.5 Å². The first-order chi connectivity index (χ1) is 10.1. The van der Waals surface area contributed by atoms with Crippen molar-refractivity contribution in [1.82, 2.24) is 5.32 Å². The van der Waals surface area contributed by atoms with Crippen molar-refractivity contribution in [2.75, 3.05) is 20.8 Å². The highest BCUT2D eigenvalue weighted by molar-refractivity contribution is 5.78. The summed E-state index contributed by atoms with van der Waals surface area (Å²) in [6.45, 7) is 6.30. The van der Waals surface area contributed by atoms with Crippen LogP contribution in [0.1, 0.15) is 18.1 Å². The molecule has 1 atom stereocenters. The lowest BCUT2D eigenvalue weighted by atomic mass is 10.0. The SMILES string of the molecule is C=CCc1cc(CNC(=O)C(C)CN)cc(OC)c1OC. The first kappa shape index (κ1) is 17.0. The van der Waals surface area contributed by atoms with Crippen molar-refractivity contribution in [3.63, 3.8) is 0 Å². The van der Waals surface area contributed by atoms with Gasteiger partial charge in [-0.2, -0.15) is 0 Å². The number of benzene rings is 1. The molecule has 5 heteroatoms. The zero-order chi connectivity index (χ0) is 15.8. The molecule has 0 aliphatic carbocycles. The van der Waals surface area contributed by atoms with Gasteiger partial charge in [0.15, 0.2) is 11.5 Å². The highest BCUT2D eigenvalue weighted by atomic mass is 16.5. The standard InChI is InChI=1S/C16H24N2O3/c1-5-6-13-7-12(8-14(20-3)15(13)21-4)10-18-16(19)11(2)9-17/h5,7-8,11H,1,6,9-10,17H2,2-4H3,(H,18,19). The van der Waals surface area contributed by atoms with Crippen LogP contribution in [0.3, 0.4) is 0 Å². The van der Waals surface area contributed by atoms with E-state index in [0.29, 0.717) is 31.0 Å². The Balaban J connectivity index is 2.95. The number of carbonyl (C=O) groups is 1. The number of amides is 1. The molecule has 0 fully saturated rings. The van der Waals surface area contributed by atoms with Gasteiger partial charge in [-0.15, -0.1) is 6.58 Å². The zero-order valence-electron chi connectivity index (χ0n) is 12.9. The van der Waals surface area contributed by atoms with Crippen molar-refractivity contribution >= 4 is 5.91 Å². The third kappa shape index (κ3) is 4.49. The molecule has 0 aromatic heterocycles. The molecule has 21 heavy (non-hydrogen) atoms. The molecule has 0 saturated carbocycles. The van der Waals surface area contributed by atoms with E-state index in [1.807, 2.05) is 12.1 Å². The minimum atomic E-state index is -0.196. The van der Waals surface area contributed by atoms with Crippen LogP contribution in [-0.4, -0.2) is 26.7 Å². The summed E-state index contributed by atoms with van der Waals surface area (Å²) in [7, 11) is 3.20. The fourth-order valence-corrected chi connectivity index (χ4v) is 1.99. The smallest absolute Gasteiger partial charge is 0.224 e. The number of nitrogens with two attached hydrogens (primary N) is 1. The number of rotatable bonds is 8. The first-order valence-electron chi connectivity index (χ1n) is 6.89. The summed E-state index contributed by atoms with van der Waals surface area (Å²) in [4.78, 5) is 11.8. The summed E-state index contributed by atoms with van der Waals surface area (Å²) < 4.78 is 10.7. The number of carbonyl (C=O) groups excluding carboxylic acids is 1. The maximum Gasteiger partial charge on any atom is 0.224 e. The van der Waals surface area contributed by atoms with Crippen molar-refractivity contribution in [1.29, 1.82) is 0 Å². The zero-order valence-corrected chi connectivity index (χ0v) is 12.9. The monoisotopic (exact) mass is 292 g/mol. The predicted octanol–water partition coefficient (Wildman–Crippen LogP) is 1.64. The van der Waals surface area contributed by atoms with Gasteiger partial charge < -0.3 is 20.5 Å². The largest absolute Gasteiger partial charge is 0.493 e. The molecule has 0 bridgehead atoms. The van der Waals surface area contributed by atoms with Crippen molar-refractivity contribution in [3.8, 4) is 11.5 Å². The van der Waals surface area contributed by atoms with Crippen LogP contribution in [-0.2, 0) is 17.8 Å². The minimum absolute atomic E-state index is 0.0578. The van der Waals surface area contributed by atoms with Gasteiger partial charge in [0.1, 0.15) is 0 Å². The molecule has 0 radical (unpaired) electrons.